The third-order valence-corrected chi connectivity index (χ3v) is 8.15. The van der Waals surface area contributed by atoms with Gasteiger partial charge in [-0.1, -0.05) is 109 Å². The van der Waals surface area contributed by atoms with E-state index < -0.39 is 0 Å². The van der Waals surface area contributed by atoms with Crippen LogP contribution in [0.2, 0.25) is 0 Å². The fourth-order valence-electron chi connectivity index (χ4n) is 6.06. The molecule has 3 nitrogen and oxygen atoms in total. The van der Waals surface area contributed by atoms with E-state index in [-0.39, 0.29) is 0 Å². The van der Waals surface area contributed by atoms with Gasteiger partial charge in [0, 0.05) is 28.3 Å². The molecule has 0 unspecified atom stereocenters. The van der Waals surface area contributed by atoms with Crippen LogP contribution in [0, 0.1) is 0 Å². The van der Waals surface area contributed by atoms with Crippen molar-refractivity contribution in [2.45, 2.75) is 0 Å². The second kappa shape index (κ2) is 10.6. The van der Waals surface area contributed by atoms with Gasteiger partial charge < -0.3 is 14.5 Å². The molecule has 43 heavy (non-hydrogen) atoms. The lowest BCUT2D eigenvalue weighted by molar-refractivity contribution is 0.473. The zero-order chi connectivity index (χ0) is 28.6. The minimum Gasteiger partial charge on any atom is -0.461 e. The van der Waals surface area contributed by atoms with Gasteiger partial charge in [-0.2, -0.15) is 0 Å². The minimum absolute atomic E-state index is 0.853. The zero-order valence-corrected chi connectivity index (χ0v) is 23.5. The molecule has 1 heterocycles. The summed E-state index contributed by atoms with van der Waals surface area (Å²) in [5, 5.41) is 4.88. The quantitative estimate of drug-likeness (QED) is 0.211. The fourth-order valence-corrected chi connectivity index (χ4v) is 6.06. The molecule has 0 saturated carbocycles. The Bertz CT molecular complexity index is 2020. The topological polar surface area (TPSA) is 15.7 Å². The Kier molecular flexibility index (Phi) is 6.12. The maximum Gasteiger partial charge on any atom is 0.150 e. The second-order valence-corrected chi connectivity index (χ2v) is 10.7. The van der Waals surface area contributed by atoms with E-state index in [0.29, 0.717) is 0 Å². The summed E-state index contributed by atoms with van der Waals surface area (Å²) in [6.07, 6.45) is 3.69. The first kappa shape index (κ1) is 25.0. The highest BCUT2D eigenvalue weighted by atomic mass is 16.5. The molecule has 0 amide bonds. The second-order valence-electron chi connectivity index (χ2n) is 10.7. The first-order chi connectivity index (χ1) is 21.3. The van der Waals surface area contributed by atoms with Crippen LogP contribution >= 0.6 is 0 Å². The Labute approximate surface area is 251 Å². The molecule has 0 radical (unpaired) electrons. The van der Waals surface area contributed by atoms with Crippen LogP contribution < -0.4 is 14.5 Å². The van der Waals surface area contributed by atoms with Crippen molar-refractivity contribution in [2.75, 3.05) is 9.80 Å². The Hall–Kier alpha value is -5.80. The van der Waals surface area contributed by atoms with Crippen LogP contribution in [0.1, 0.15) is 0 Å². The van der Waals surface area contributed by atoms with E-state index in [2.05, 4.69) is 149 Å². The Morgan fingerprint density at radius 2 is 1.00 bits per heavy atom. The number of hydrogen-bond acceptors (Lipinski definition) is 3. The Morgan fingerprint density at radius 3 is 1.65 bits per heavy atom. The molecular formula is C40H28N2O. The standard InChI is InChI=1S/C40H28N2O/c1-3-13-35-31(9-1)11-7-16-37(35)42(38-17-8-12-32-10-2-4-14-36(32)38)34-25-21-30(22-26-34)29-19-23-33(24-20-29)41-27-28-43-40-18-6-5-15-39(40)41/h1-28H. The summed E-state index contributed by atoms with van der Waals surface area (Å²) in [6.45, 7) is 0. The zero-order valence-electron chi connectivity index (χ0n) is 23.5. The molecule has 0 saturated heterocycles. The van der Waals surface area contributed by atoms with Crippen LogP contribution in [-0.4, -0.2) is 0 Å². The summed E-state index contributed by atoms with van der Waals surface area (Å²) in [7, 11) is 0. The average Bonchev–Trinajstić information content (AvgIpc) is 3.09. The molecule has 0 spiro atoms. The number of anilines is 5. The van der Waals surface area contributed by atoms with Crippen molar-refractivity contribution in [3.8, 4) is 16.9 Å². The molecule has 204 valence electrons. The normalized spacial score (nSPS) is 12.2. The van der Waals surface area contributed by atoms with Gasteiger partial charge in [-0.25, -0.2) is 0 Å². The van der Waals surface area contributed by atoms with Crippen molar-refractivity contribution in [1.29, 1.82) is 0 Å². The SMILES string of the molecule is C1=CN(c2ccc(-c3ccc(N(c4cccc5ccccc45)c4cccc5ccccc45)cc3)cc2)c2ccccc2O1. The molecule has 8 rings (SSSR count). The van der Waals surface area contributed by atoms with Crippen molar-refractivity contribution in [2.24, 2.45) is 0 Å². The van der Waals surface area contributed by atoms with E-state index >= 15 is 0 Å². The summed E-state index contributed by atoms with van der Waals surface area (Å²) in [5.74, 6) is 0.853. The lowest BCUT2D eigenvalue weighted by atomic mass is 10.0. The van der Waals surface area contributed by atoms with Gasteiger partial charge in [0.05, 0.1) is 17.1 Å². The number of fused-ring (bicyclic) bond motifs is 3. The number of para-hydroxylation sites is 2. The van der Waals surface area contributed by atoms with Crippen molar-refractivity contribution in [3.05, 3.63) is 170 Å². The van der Waals surface area contributed by atoms with Crippen molar-refractivity contribution < 1.29 is 4.74 Å². The molecule has 0 bridgehead atoms. The van der Waals surface area contributed by atoms with Crippen molar-refractivity contribution in [1.82, 2.24) is 0 Å². The summed E-state index contributed by atoms with van der Waals surface area (Å²) >= 11 is 0. The number of benzene rings is 7. The predicted octanol–water partition coefficient (Wildman–Crippen LogP) is 11.1. The Morgan fingerprint density at radius 1 is 0.465 bits per heavy atom. The predicted molar refractivity (Wildman–Crippen MR) is 180 cm³/mol. The van der Waals surface area contributed by atoms with Gasteiger partial charge in [0.1, 0.15) is 6.26 Å². The lowest BCUT2D eigenvalue weighted by Gasteiger charge is -2.28. The molecule has 0 aliphatic carbocycles. The molecule has 0 fully saturated rings. The van der Waals surface area contributed by atoms with Crippen molar-refractivity contribution >= 4 is 50.0 Å². The highest BCUT2D eigenvalue weighted by Gasteiger charge is 2.18. The summed E-state index contributed by atoms with van der Waals surface area (Å²) in [5.41, 5.74) is 7.89. The van der Waals surface area contributed by atoms with E-state index in [9.17, 15) is 0 Å². The first-order valence-corrected chi connectivity index (χ1v) is 14.5. The summed E-state index contributed by atoms with van der Waals surface area (Å²) in [6, 6.07) is 56.0. The van der Waals surface area contributed by atoms with Gasteiger partial charge in [-0.15, -0.1) is 0 Å². The number of rotatable bonds is 5. The van der Waals surface area contributed by atoms with Crippen molar-refractivity contribution in [3.63, 3.8) is 0 Å². The van der Waals surface area contributed by atoms with Crippen LogP contribution in [-0.2, 0) is 0 Å². The molecule has 0 N–H and O–H groups in total. The third kappa shape index (κ3) is 4.48. The van der Waals surface area contributed by atoms with Gasteiger partial charge in [-0.3, -0.25) is 0 Å². The third-order valence-electron chi connectivity index (χ3n) is 8.15. The smallest absolute Gasteiger partial charge is 0.150 e. The van der Waals surface area contributed by atoms with E-state index in [1.54, 1.807) is 6.26 Å². The summed E-state index contributed by atoms with van der Waals surface area (Å²) in [4.78, 5) is 4.54. The first-order valence-electron chi connectivity index (χ1n) is 14.5. The molecule has 0 aromatic heterocycles. The lowest BCUT2D eigenvalue weighted by Crippen LogP contribution is -2.13. The highest BCUT2D eigenvalue weighted by molar-refractivity contribution is 6.04. The Balaban J connectivity index is 1.19. The average molecular weight is 553 g/mol. The highest BCUT2D eigenvalue weighted by Crippen LogP contribution is 2.43. The molecule has 7 aromatic rings. The van der Waals surface area contributed by atoms with Gasteiger partial charge in [0.15, 0.2) is 5.75 Å². The van der Waals surface area contributed by atoms with E-state index in [4.69, 9.17) is 4.74 Å². The summed E-state index contributed by atoms with van der Waals surface area (Å²) < 4.78 is 5.68. The molecular weight excluding hydrogens is 524 g/mol. The monoisotopic (exact) mass is 552 g/mol. The van der Waals surface area contributed by atoms with Gasteiger partial charge in [0.2, 0.25) is 0 Å². The van der Waals surface area contributed by atoms with Crippen LogP contribution in [0.5, 0.6) is 5.75 Å². The van der Waals surface area contributed by atoms with Crippen LogP contribution in [0.4, 0.5) is 28.4 Å². The molecule has 0 atom stereocenters. The fraction of sp³-hybridized carbons (Fsp3) is 0. The van der Waals surface area contributed by atoms with Gasteiger partial charge in [-0.05, 0) is 70.4 Å². The minimum atomic E-state index is 0.853. The maximum atomic E-state index is 5.68. The molecule has 7 aromatic carbocycles. The van der Waals surface area contributed by atoms with E-state index in [1.165, 1.54) is 32.7 Å². The molecule has 1 aliphatic heterocycles. The molecule has 3 heteroatoms. The number of nitrogens with zero attached hydrogens (tertiary/aromatic N) is 2. The van der Waals surface area contributed by atoms with Gasteiger partial charge >= 0.3 is 0 Å². The largest absolute Gasteiger partial charge is 0.461 e. The number of hydrogen-bond donors (Lipinski definition) is 0. The van der Waals surface area contributed by atoms with Gasteiger partial charge in [0.25, 0.3) is 0 Å². The number of ether oxygens (including phenoxy) is 1. The van der Waals surface area contributed by atoms with Crippen LogP contribution in [0.3, 0.4) is 0 Å². The molecule has 1 aliphatic rings. The maximum absolute atomic E-state index is 5.68. The van der Waals surface area contributed by atoms with E-state index in [0.717, 1.165) is 34.2 Å². The van der Waals surface area contributed by atoms with Crippen LogP contribution in [0.15, 0.2) is 170 Å². The van der Waals surface area contributed by atoms with E-state index in [1.807, 2.05) is 24.4 Å². The van der Waals surface area contributed by atoms with Crippen LogP contribution in [0.25, 0.3) is 32.7 Å².